The highest BCUT2D eigenvalue weighted by Crippen LogP contribution is 2.35. The Kier molecular flexibility index (Phi) is 5.57. The lowest BCUT2D eigenvalue weighted by Gasteiger charge is -2.11. The van der Waals surface area contributed by atoms with E-state index >= 15 is 0 Å². The fourth-order valence-electron chi connectivity index (χ4n) is 1.77. The van der Waals surface area contributed by atoms with E-state index < -0.39 is 5.91 Å². The molecule has 3 nitrogen and oxygen atoms in total. The van der Waals surface area contributed by atoms with Gasteiger partial charge in [0.25, 0.3) is 0 Å². The van der Waals surface area contributed by atoms with Gasteiger partial charge in [0.2, 0.25) is 5.91 Å². The summed E-state index contributed by atoms with van der Waals surface area (Å²) in [5.74, 6) is -0.418. The minimum atomic E-state index is -0.543. The number of carbonyl (C=O) groups is 1. The van der Waals surface area contributed by atoms with Gasteiger partial charge in [0.05, 0.1) is 9.50 Å². The highest BCUT2D eigenvalue weighted by atomic mass is 79.9. The van der Waals surface area contributed by atoms with Crippen LogP contribution in [0.4, 0.5) is 4.39 Å². The Morgan fingerprint density at radius 2 is 2.14 bits per heavy atom. The minimum absolute atomic E-state index is 0.187. The van der Waals surface area contributed by atoms with Crippen LogP contribution >= 0.6 is 27.5 Å². The van der Waals surface area contributed by atoms with Crippen molar-refractivity contribution in [2.75, 3.05) is 0 Å². The molecule has 0 fully saturated rings. The molecule has 0 heterocycles. The van der Waals surface area contributed by atoms with Crippen LogP contribution in [0.3, 0.4) is 0 Å². The second-order valence-electron chi connectivity index (χ2n) is 4.47. The van der Waals surface area contributed by atoms with Crippen LogP contribution < -0.4 is 10.5 Å². The van der Waals surface area contributed by atoms with Gasteiger partial charge in [0.1, 0.15) is 12.4 Å². The highest BCUT2D eigenvalue weighted by molar-refractivity contribution is 9.10. The number of benzene rings is 2. The summed E-state index contributed by atoms with van der Waals surface area (Å²) in [7, 11) is 0. The molecule has 2 N–H and O–H groups in total. The van der Waals surface area contributed by atoms with E-state index in [1.165, 1.54) is 18.2 Å². The molecule has 0 aromatic heterocycles. The normalized spacial score (nSPS) is 10.9. The molecule has 0 saturated heterocycles. The van der Waals surface area contributed by atoms with Gasteiger partial charge < -0.3 is 10.5 Å². The molecule has 0 aliphatic heterocycles. The van der Waals surface area contributed by atoms with Gasteiger partial charge in [-0.2, -0.15) is 0 Å². The van der Waals surface area contributed by atoms with Crippen LogP contribution in [0.2, 0.25) is 5.02 Å². The van der Waals surface area contributed by atoms with E-state index in [0.29, 0.717) is 26.4 Å². The molecule has 2 rings (SSSR count). The van der Waals surface area contributed by atoms with Crippen LogP contribution in [-0.2, 0) is 11.4 Å². The topological polar surface area (TPSA) is 52.3 Å². The van der Waals surface area contributed by atoms with Crippen molar-refractivity contribution < 1.29 is 13.9 Å². The van der Waals surface area contributed by atoms with E-state index in [2.05, 4.69) is 15.9 Å². The maximum Gasteiger partial charge on any atom is 0.241 e. The molecule has 1 amide bonds. The number of rotatable bonds is 5. The molecule has 0 bridgehead atoms. The van der Waals surface area contributed by atoms with E-state index in [1.807, 2.05) is 0 Å². The summed E-state index contributed by atoms with van der Waals surface area (Å²) in [4.78, 5) is 10.7. The highest BCUT2D eigenvalue weighted by Gasteiger charge is 2.09. The van der Waals surface area contributed by atoms with Crippen LogP contribution in [0.5, 0.6) is 5.75 Å². The lowest BCUT2D eigenvalue weighted by Crippen LogP contribution is -2.05. The molecule has 2 aromatic carbocycles. The summed E-state index contributed by atoms with van der Waals surface area (Å²) in [5, 5.41) is 0.370. The zero-order chi connectivity index (χ0) is 16.1. The first-order chi connectivity index (χ1) is 10.5. The van der Waals surface area contributed by atoms with Crippen molar-refractivity contribution in [2.45, 2.75) is 6.61 Å². The number of nitrogens with two attached hydrogens (primary N) is 1. The Labute approximate surface area is 140 Å². The first-order valence-electron chi connectivity index (χ1n) is 6.29. The third kappa shape index (κ3) is 4.58. The van der Waals surface area contributed by atoms with Crippen molar-refractivity contribution in [3.05, 3.63) is 68.9 Å². The molecule has 0 saturated carbocycles. The summed E-state index contributed by atoms with van der Waals surface area (Å²) in [6.07, 6.45) is 2.79. The third-order valence-corrected chi connectivity index (χ3v) is 3.60. The van der Waals surface area contributed by atoms with Crippen LogP contribution in [0.25, 0.3) is 6.08 Å². The SMILES string of the molecule is NC(=O)/C=C/c1cc(Cl)c(OCc2cccc(F)c2)c(Br)c1. The molecule has 114 valence electrons. The van der Waals surface area contributed by atoms with E-state index in [9.17, 15) is 9.18 Å². The fourth-order valence-corrected chi connectivity index (χ4v) is 2.76. The van der Waals surface area contributed by atoms with Gasteiger partial charge >= 0.3 is 0 Å². The first kappa shape index (κ1) is 16.5. The predicted octanol–water partition coefficient (Wildman–Crippen LogP) is 4.32. The van der Waals surface area contributed by atoms with Crippen LogP contribution in [0.15, 0.2) is 46.9 Å². The summed E-state index contributed by atoms with van der Waals surface area (Å²) < 4.78 is 19.4. The summed E-state index contributed by atoms with van der Waals surface area (Å²) in [5.41, 5.74) is 6.44. The number of primary amides is 1. The number of amides is 1. The predicted molar refractivity (Wildman–Crippen MR) is 88.1 cm³/mol. The quantitative estimate of drug-likeness (QED) is 0.781. The maximum absolute atomic E-state index is 13.1. The molecule has 0 aliphatic rings. The zero-order valence-electron chi connectivity index (χ0n) is 11.4. The lowest BCUT2D eigenvalue weighted by atomic mass is 10.2. The van der Waals surface area contributed by atoms with Gasteiger partial charge in [0.15, 0.2) is 5.75 Å². The number of hydrogen-bond donors (Lipinski definition) is 1. The van der Waals surface area contributed by atoms with Crippen molar-refractivity contribution in [3.63, 3.8) is 0 Å². The number of ether oxygens (including phenoxy) is 1. The average molecular weight is 385 g/mol. The maximum atomic E-state index is 13.1. The standard InChI is InChI=1S/C16H12BrClFNO2/c17-13-7-10(4-5-15(20)21)8-14(18)16(13)22-9-11-2-1-3-12(19)6-11/h1-8H,9H2,(H2,20,21)/b5-4+. The summed E-state index contributed by atoms with van der Waals surface area (Å²) >= 11 is 9.53. The number of hydrogen-bond acceptors (Lipinski definition) is 2. The molecule has 0 atom stereocenters. The molecule has 0 radical (unpaired) electrons. The van der Waals surface area contributed by atoms with Gasteiger partial charge in [-0.1, -0.05) is 23.7 Å². The molecule has 0 spiro atoms. The van der Waals surface area contributed by atoms with Gasteiger partial charge in [-0.3, -0.25) is 4.79 Å². The second kappa shape index (κ2) is 7.42. The Balaban J connectivity index is 2.16. The Morgan fingerprint density at radius 3 is 2.77 bits per heavy atom. The lowest BCUT2D eigenvalue weighted by molar-refractivity contribution is -0.113. The van der Waals surface area contributed by atoms with E-state index in [-0.39, 0.29) is 12.4 Å². The average Bonchev–Trinajstić information content (AvgIpc) is 2.44. The van der Waals surface area contributed by atoms with E-state index in [1.54, 1.807) is 30.3 Å². The molecular formula is C16H12BrClFNO2. The van der Waals surface area contributed by atoms with E-state index in [0.717, 1.165) is 0 Å². The fraction of sp³-hybridized carbons (Fsp3) is 0.0625. The smallest absolute Gasteiger partial charge is 0.241 e. The van der Waals surface area contributed by atoms with Gasteiger partial charge in [-0.15, -0.1) is 0 Å². The van der Waals surface area contributed by atoms with Crippen LogP contribution in [0.1, 0.15) is 11.1 Å². The van der Waals surface area contributed by atoms with E-state index in [4.69, 9.17) is 22.1 Å². The van der Waals surface area contributed by atoms with Crippen molar-refractivity contribution in [3.8, 4) is 5.75 Å². The molecule has 0 unspecified atom stereocenters. The minimum Gasteiger partial charge on any atom is -0.486 e. The Morgan fingerprint density at radius 1 is 1.36 bits per heavy atom. The largest absolute Gasteiger partial charge is 0.486 e. The second-order valence-corrected chi connectivity index (χ2v) is 5.73. The molecule has 6 heteroatoms. The van der Waals surface area contributed by atoms with Crippen LogP contribution in [-0.4, -0.2) is 5.91 Å². The number of halogens is 3. The van der Waals surface area contributed by atoms with Gasteiger partial charge in [0, 0.05) is 6.08 Å². The number of carbonyl (C=O) groups excluding carboxylic acids is 1. The van der Waals surface area contributed by atoms with Crippen molar-refractivity contribution >= 4 is 39.5 Å². The van der Waals surface area contributed by atoms with Crippen molar-refractivity contribution in [1.29, 1.82) is 0 Å². The Hall–Kier alpha value is -1.85. The molecular weight excluding hydrogens is 373 g/mol. The Bertz CT molecular complexity index is 711. The first-order valence-corrected chi connectivity index (χ1v) is 7.46. The van der Waals surface area contributed by atoms with Gasteiger partial charge in [-0.05, 0) is 57.4 Å². The summed E-state index contributed by atoms with van der Waals surface area (Å²) in [6.45, 7) is 0.187. The molecule has 22 heavy (non-hydrogen) atoms. The van der Waals surface area contributed by atoms with Crippen molar-refractivity contribution in [2.24, 2.45) is 5.73 Å². The molecule has 0 aliphatic carbocycles. The monoisotopic (exact) mass is 383 g/mol. The van der Waals surface area contributed by atoms with Crippen LogP contribution in [0, 0.1) is 5.82 Å². The zero-order valence-corrected chi connectivity index (χ0v) is 13.7. The summed E-state index contributed by atoms with van der Waals surface area (Å²) in [6, 6.07) is 9.52. The van der Waals surface area contributed by atoms with Crippen molar-refractivity contribution in [1.82, 2.24) is 0 Å². The third-order valence-electron chi connectivity index (χ3n) is 2.73. The van der Waals surface area contributed by atoms with Gasteiger partial charge in [-0.25, -0.2) is 4.39 Å². The molecule has 2 aromatic rings.